The first-order chi connectivity index (χ1) is 9.61. The first kappa shape index (κ1) is 17.7. The van der Waals surface area contributed by atoms with Crippen LogP contribution < -0.4 is 5.73 Å². The van der Waals surface area contributed by atoms with E-state index in [4.69, 9.17) is 5.73 Å². The maximum absolute atomic E-state index is 5.76. The number of hydrogen-bond acceptors (Lipinski definition) is 3. The Morgan fingerprint density at radius 2 is 1.81 bits per heavy atom. The standard InChI is InChI=1S/C16H24N4.ClH/c1-13-16(14(2)19(3)18-13)12-20(10-9-17)11-15-7-5-4-6-8-15;/h4-8H,9-12,17H2,1-3H3;1H. The van der Waals surface area contributed by atoms with E-state index in [0.717, 1.165) is 25.3 Å². The molecule has 0 aliphatic carbocycles. The van der Waals surface area contributed by atoms with Gasteiger partial charge in [0.25, 0.3) is 0 Å². The normalized spacial score (nSPS) is 10.7. The lowest BCUT2D eigenvalue weighted by atomic mass is 10.1. The maximum atomic E-state index is 5.76. The average molecular weight is 309 g/mol. The summed E-state index contributed by atoms with van der Waals surface area (Å²) >= 11 is 0. The van der Waals surface area contributed by atoms with E-state index in [1.807, 2.05) is 17.8 Å². The minimum absolute atomic E-state index is 0. The minimum atomic E-state index is 0. The van der Waals surface area contributed by atoms with Crippen LogP contribution in [0.15, 0.2) is 30.3 Å². The maximum Gasteiger partial charge on any atom is 0.0641 e. The molecule has 0 unspecified atom stereocenters. The van der Waals surface area contributed by atoms with Crippen molar-refractivity contribution in [3.8, 4) is 0 Å². The van der Waals surface area contributed by atoms with E-state index in [0.29, 0.717) is 6.54 Å². The van der Waals surface area contributed by atoms with Crippen LogP contribution in [-0.2, 0) is 20.1 Å². The van der Waals surface area contributed by atoms with E-state index in [1.54, 1.807) is 0 Å². The summed E-state index contributed by atoms with van der Waals surface area (Å²) in [5, 5.41) is 4.49. The SMILES string of the molecule is Cc1nn(C)c(C)c1CN(CCN)Cc1ccccc1.Cl. The fraction of sp³-hybridized carbons (Fsp3) is 0.438. The van der Waals surface area contributed by atoms with Crippen LogP contribution >= 0.6 is 12.4 Å². The molecule has 0 saturated carbocycles. The van der Waals surface area contributed by atoms with Crippen molar-refractivity contribution in [2.75, 3.05) is 13.1 Å². The molecule has 0 aliphatic rings. The molecule has 21 heavy (non-hydrogen) atoms. The van der Waals surface area contributed by atoms with Gasteiger partial charge in [0.15, 0.2) is 0 Å². The van der Waals surface area contributed by atoms with Crippen molar-refractivity contribution < 1.29 is 0 Å². The third kappa shape index (κ3) is 4.56. The quantitative estimate of drug-likeness (QED) is 0.891. The predicted molar refractivity (Wildman–Crippen MR) is 89.5 cm³/mol. The van der Waals surface area contributed by atoms with Gasteiger partial charge in [0.05, 0.1) is 5.69 Å². The van der Waals surface area contributed by atoms with Crippen molar-refractivity contribution >= 4 is 12.4 Å². The molecule has 2 aromatic rings. The molecule has 0 radical (unpaired) electrons. The first-order valence-corrected chi connectivity index (χ1v) is 7.07. The average Bonchev–Trinajstić information content (AvgIpc) is 2.67. The Balaban J connectivity index is 0.00000220. The van der Waals surface area contributed by atoms with E-state index in [1.165, 1.54) is 16.8 Å². The van der Waals surface area contributed by atoms with Crippen molar-refractivity contribution in [1.29, 1.82) is 0 Å². The highest BCUT2D eigenvalue weighted by atomic mass is 35.5. The Morgan fingerprint density at radius 3 is 2.33 bits per heavy atom. The van der Waals surface area contributed by atoms with Crippen LogP contribution in [0.3, 0.4) is 0 Å². The van der Waals surface area contributed by atoms with E-state index >= 15 is 0 Å². The van der Waals surface area contributed by atoms with Gasteiger partial charge in [0, 0.05) is 44.5 Å². The first-order valence-electron chi connectivity index (χ1n) is 7.07. The predicted octanol–water partition coefficient (Wildman–Crippen LogP) is 2.42. The smallest absolute Gasteiger partial charge is 0.0641 e. The molecule has 4 nitrogen and oxygen atoms in total. The molecule has 0 spiro atoms. The summed E-state index contributed by atoms with van der Waals surface area (Å²) in [5.74, 6) is 0. The van der Waals surface area contributed by atoms with Gasteiger partial charge in [-0.05, 0) is 19.4 Å². The van der Waals surface area contributed by atoms with Crippen LogP contribution in [0, 0.1) is 13.8 Å². The largest absolute Gasteiger partial charge is 0.329 e. The summed E-state index contributed by atoms with van der Waals surface area (Å²) in [6.45, 7) is 7.58. The minimum Gasteiger partial charge on any atom is -0.329 e. The summed E-state index contributed by atoms with van der Waals surface area (Å²) in [6.07, 6.45) is 0. The van der Waals surface area contributed by atoms with Gasteiger partial charge >= 0.3 is 0 Å². The third-order valence-electron chi connectivity index (χ3n) is 3.73. The highest BCUT2D eigenvalue weighted by Crippen LogP contribution is 2.16. The van der Waals surface area contributed by atoms with Crippen molar-refractivity contribution in [3.05, 3.63) is 52.8 Å². The highest BCUT2D eigenvalue weighted by Gasteiger charge is 2.13. The van der Waals surface area contributed by atoms with Gasteiger partial charge in [-0.15, -0.1) is 12.4 Å². The van der Waals surface area contributed by atoms with Crippen molar-refractivity contribution in [1.82, 2.24) is 14.7 Å². The van der Waals surface area contributed by atoms with Crippen LogP contribution in [0.25, 0.3) is 0 Å². The molecule has 0 amide bonds. The molecular weight excluding hydrogens is 284 g/mol. The zero-order chi connectivity index (χ0) is 14.5. The molecular formula is C16H25ClN4. The summed E-state index contributed by atoms with van der Waals surface area (Å²) in [4.78, 5) is 2.38. The second-order valence-electron chi connectivity index (χ2n) is 5.26. The number of halogens is 1. The molecule has 116 valence electrons. The van der Waals surface area contributed by atoms with E-state index in [9.17, 15) is 0 Å². The lowest BCUT2D eigenvalue weighted by Crippen LogP contribution is -2.29. The summed E-state index contributed by atoms with van der Waals surface area (Å²) in [5.41, 5.74) is 10.7. The molecule has 0 atom stereocenters. The molecule has 0 saturated heterocycles. The third-order valence-corrected chi connectivity index (χ3v) is 3.73. The Hall–Kier alpha value is -1.36. The van der Waals surface area contributed by atoms with Crippen LogP contribution in [0.5, 0.6) is 0 Å². The summed E-state index contributed by atoms with van der Waals surface area (Å²) < 4.78 is 1.95. The van der Waals surface area contributed by atoms with Crippen LogP contribution in [0.1, 0.15) is 22.5 Å². The fourth-order valence-corrected chi connectivity index (χ4v) is 2.51. The van der Waals surface area contributed by atoms with Gasteiger partial charge < -0.3 is 5.73 Å². The van der Waals surface area contributed by atoms with Gasteiger partial charge in [0.1, 0.15) is 0 Å². The van der Waals surface area contributed by atoms with Gasteiger partial charge in [-0.2, -0.15) is 5.10 Å². The van der Waals surface area contributed by atoms with Crippen LogP contribution in [-0.4, -0.2) is 27.8 Å². The van der Waals surface area contributed by atoms with Crippen LogP contribution in [0.2, 0.25) is 0 Å². The summed E-state index contributed by atoms with van der Waals surface area (Å²) in [7, 11) is 2.00. The summed E-state index contributed by atoms with van der Waals surface area (Å²) in [6, 6.07) is 10.5. The Bertz CT molecular complexity index is 551. The van der Waals surface area contributed by atoms with Gasteiger partial charge in [-0.25, -0.2) is 0 Å². The van der Waals surface area contributed by atoms with Crippen LogP contribution in [0.4, 0.5) is 0 Å². The Labute approximate surface area is 133 Å². The second kappa shape index (κ2) is 8.17. The zero-order valence-corrected chi connectivity index (χ0v) is 13.9. The molecule has 2 N–H and O–H groups in total. The monoisotopic (exact) mass is 308 g/mol. The molecule has 0 bridgehead atoms. The van der Waals surface area contributed by atoms with Crippen molar-refractivity contribution in [3.63, 3.8) is 0 Å². The molecule has 1 heterocycles. The molecule has 2 rings (SSSR count). The lowest BCUT2D eigenvalue weighted by molar-refractivity contribution is 0.263. The van der Waals surface area contributed by atoms with Crippen molar-refractivity contribution in [2.24, 2.45) is 12.8 Å². The number of nitrogens with zero attached hydrogens (tertiary/aromatic N) is 3. The fourth-order valence-electron chi connectivity index (χ4n) is 2.51. The molecule has 5 heteroatoms. The number of aromatic nitrogens is 2. The number of aryl methyl sites for hydroxylation is 2. The molecule has 0 fully saturated rings. The molecule has 1 aromatic carbocycles. The topological polar surface area (TPSA) is 47.1 Å². The van der Waals surface area contributed by atoms with E-state index < -0.39 is 0 Å². The number of hydrogen-bond donors (Lipinski definition) is 1. The van der Waals surface area contributed by atoms with Gasteiger partial charge in [-0.1, -0.05) is 30.3 Å². The van der Waals surface area contributed by atoms with E-state index in [2.05, 4.69) is 48.1 Å². The van der Waals surface area contributed by atoms with Crippen molar-refractivity contribution in [2.45, 2.75) is 26.9 Å². The Morgan fingerprint density at radius 1 is 1.14 bits per heavy atom. The Kier molecular flexibility index (Phi) is 6.89. The van der Waals surface area contributed by atoms with Gasteiger partial charge in [0.2, 0.25) is 0 Å². The number of nitrogens with two attached hydrogens (primary N) is 1. The molecule has 0 aliphatic heterocycles. The number of benzene rings is 1. The molecule has 1 aromatic heterocycles. The zero-order valence-electron chi connectivity index (χ0n) is 13.0. The number of rotatable bonds is 6. The second-order valence-corrected chi connectivity index (χ2v) is 5.26. The van der Waals surface area contributed by atoms with E-state index in [-0.39, 0.29) is 12.4 Å². The lowest BCUT2D eigenvalue weighted by Gasteiger charge is -2.22. The highest BCUT2D eigenvalue weighted by molar-refractivity contribution is 5.85. The van der Waals surface area contributed by atoms with Gasteiger partial charge in [-0.3, -0.25) is 9.58 Å².